The number of nitrogens with zero attached hydrogens (tertiary/aromatic N) is 1. The molecule has 0 spiro atoms. The summed E-state index contributed by atoms with van der Waals surface area (Å²) in [5, 5.41) is 11.0. The minimum Gasteiger partial charge on any atom is -0.359 e. The number of thiocarbonyl (C=S) groups is 1. The number of anilines is 2. The van der Waals surface area contributed by atoms with Crippen LogP contribution in [0.3, 0.4) is 0 Å². The normalized spacial score (nSPS) is 10.7. The molecule has 0 aliphatic heterocycles. The van der Waals surface area contributed by atoms with Crippen LogP contribution in [0.2, 0.25) is 0 Å². The molecule has 0 aliphatic rings. The molecule has 0 radical (unpaired) electrons. The van der Waals surface area contributed by atoms with E-state index in [1.165, 1.54) is 0 Å². The smallest absolute Gasteiger partial charge is 0.187 e. The van der Waals surface area contributed by atoms with Gasteiger partial charge in [-0.15, -0.1) is 0 Å². The Hall–Kier alpha value is -2.40. The number of hydrogen-bond acceptors (Lipinski definition) is 3. The molecule has 0 heterocycles. The van der Waals surface area contributed by atoms with E-state index in [0.29, 0.717) is 11.2 Å². The largest absolute Gasteiger partial charge is 0.359 e. The minimum atomic E-state index is 0.290. The third-order valence-electron chi connectivity index (χ3n) is 2.77. The van der Waals surface area contributed by atoms with Crippen molar-refractivity contribution < 1.29 is 0 Å². The summed E-state index contributed by atoms with van der Waals surface area (Å²) in [6, 6.07) is 18.4. The Morgan fingerprint density at radius 2 is 1.64 bits per heavy atom. The van der Waals surface area contributed by atoms with Crippen LogP contribution in [0.15, 0.2) is 59.7 Å². The summed E-state index contributed by atoms with van der Waals surface area (Å²) in [6.45, 7) is 4.05. The molecule has 0 aliphatic carbocycles. The Labute approximate surface area is 136 Å². The Bertz CT molecular complexity index is 621. The number of benzene rings is 2. The average Bonchev–Trinajstić information content (AvgIpc) is 2.49. The zero-order valence-corrected chi connectivity index (χ0v) is 13.5. The molecule has 5 heteroatoms. The van der Waals surface area contributed by atoms with Crippen molar-refractivity contribution in [3.63, 3.8) is 0 Å². The highest BCUT2D eigenvalue weighted by molar-refractivity contribution is 7.80. The van der Waals surface area contributed by atoms with Crippen LogP contribution in [-0.2, 0) is 0 Å². The summed E-state index contributed by atoms with van der Waals surface area (Å²) < 4.78 is 0. The van der Waals surface area contributed by atoms with E-state index in [9.17, 15) is 0 Å². The van der Waals surface area contributed by atoms with Gasteiger partial charge in [-0.3, -0.25) is 5.43 Å². The summed E-state index contributed by atoms with van der Waals surface area (Å²) in [4.78, 5) is 0. The summed E-state index contributed by atoms with van der Waals surface area (Å²) in [5.41, 5.74) is 5.89. The lowest BCUT2D eigenvalue weighted by Crippen LogP contribution is -2.36. The van der Waals surface area contributed by atoms with Crippen LogP contribution in [-0.4, -0.2) is 17.4 Å². The molecule has 4 nitrogen and oxygen atoms in total. The molecule has 0 unspecified atom stereocenters. The lowest BCUT2D eigenvalue weighted by molar-refractivity contribution is 0.720. The molecule has 2 aromatic carbocycles. The molecule has 114 valence electrons. The zero-order chi connectivity index (χ0) is 15.8. The standard InChI is InChI=1S/C17H20N4S/c1-13(2)19-17(22)21-18-12-14-8-10-16(11-9-14)20-15-6-4-3-5-7-15/h3-13,20H,1-2H3,(H2,19,21,22)/b18-12-. The van der Waals surface area contributed by atoms with E-state index in [1.807, 2.05) is 68.4 Å². The Kier molecular flexibility index (Phi) is 5.91. The molecule has 0 amide bonds. The highest BCUT2D eigenvalue weighted by atomic mass is 32.1. The number of hydrazone groups is 1. The van der Waals surface area contributed by atoms with Crippen LogP contribution in [0.5, 0.6) is 0 Å². The van der Waals surface area contributed by atoms with Crippen molar-refractivity contribution in [2.45, 2.75) is 19.9 Å². The van der Waals surface area contributed by atoms with Gasteiger partial charge in [0.25, 0.3) is 0 Å². The lowest BCUT2D eigenvalue weighted by atomic mass is 10.2. The first-order valence-corrected chi connectivity index (χ1v) is 7.56. The highest BCUT2D eigenvalue weighted by Crippen LogP contribution is 2.15. The maximum Gasteiger partial charge on any atom is 0.187 e. The number of hydrogen-bond donors (Lipinski definition) is 3. The molecule has 3 N–H and O–H groups in total. The van der Waals surface area contributed by atoms with Crippen molar-refractivity contribution in [1.82, 2.24) is 10.7 Å². The van der Waals surface area contributed by atoms with Gasteiger partial charge in [-0.25, -0.2) is 0 Å². The van der Waals surface area contributed by atoms with Crippen LogP contribution in [0, 0.1) is 0 Å². The van der Waals surface area contributed by atoms with E-state index in [4.69, 9.17) is 12.2 Å². The van der Waals surface area contributed by atoms with E-state index in [-0.39, 0.29) is 0 Å². The first kappa shape index (κ1) is 16.0. The number of rotatable bonds is 5. The monoisotopic (exact) mass is 312 g/mol. The minimum absolute atomic E-state index is 0.290. The molecule has 0 saturated carbocycles. The van der Waals surface area contributed by atoms with Gasteiger partial charge in [0.15, 0.2) is 5.11 Å². The van der Waals surface area contributed by atoms with E-state index < -0.39 is 0 Å². The average molecular weight is 312 g/mol. The van der Waals surface area contributed by atoms with Gasteiger partial charge in [0.1, 0.15) is 0 Å². The summed E-state index contributed by atoms with van der Waals surface area (Å²) in [7, 11) is 0. The first-order chi connectivity index (χ1) is 10.6. The van der Waals surface area contributed by atoms with Gasteiger partial charge in [-0.05, 0) is 55.9 Å². The van der Waals surface area contributed by atoms with Gasteiger partial charge < -0.3 is 10.6 Å². The van der Waals surface area contributed by atoms with E-state index >= 15 is 0 Å². The maximum absolute atomic E-state index is 5.09. The fraction of sp³-hybridized carbons (Fsp3) is 0.176. The second-order valence-electron chi connectivity index (χ2n) is 5.11. The molecular formula is C17H20N4S. The lowest BCUT2D eigenvalue weighted by Gasteiger charge is -2.09. The van der Waals surface area contributed by atoms with Gasteiger partial charge in [0.05, 0.1) is 6.21 Å². The van der Waals surface area contributed by atoms with Gasteiger partial charge in [0.2, 0.25) is 0 Å². The third-order valence-corrected chi connectivity index (χ3v) is 2.98. The maximum atomic E-state index is 5.09. The van der Waals surface area contributed by atoms with Crippen molar-refractivity contribution in [3.05, 3.63) is 60.2 Å². The van der Waals surface area contributed by atoms with Crippen LogP contribution in [0.25, 0.3) is 0 Å². The highest BCUT2D eigenvalue weighted by Gasteiger charge is 1.96. The summed E-state index contributed by atoms with van der Waals surface area (Å²) in [6.07, 6.45) is 1.74. The van der Waals surface area contributed by atoms with E-state index in [0.717, 1.165) is 16.9 Å². The second-order valence-corrected chi connectivity index (χ2v) is 5.52. The van der Waals surface area contributed by atoms with Gasteiger partial charge in [-0.1, -0.05) is 30.3 Å². The van der Waals surface area contributed by atoms with Gasteiger partial charge >= 0.3 is 0 Å². The number of nitrogens with one attached hydrogen (secondary N) is 3. The van der Waals surface area contributed by atoms with Crippen molar-refractivity contribution in [2.24, 2.45) is 5.10 Å². The molecule has 2 aromatic rings. The first-order valence-electron chi connectivity index (χ1n) is 7.15. The molecule has 0 atom stereocenters. The Morgan fingerprint density at radius 3 is 2.27 bits per heavy atom. The molecule has 0 fully saturated rings. The topological polar surface area (TPSA) is 48.5 Å². The predicted octanol–water partition coefficient (Wildman–Crippen LogP) is 3.64. The molecule has 0 bridgehead atoms. The molecule has 2 rings (SSSR count). The molecule has 0 saturated heterocycles. The quantitative estimate of drug-likeness (QED) is 0.448. The molecule has 0 aromatic heterocycles. The van der Waals surface area contributed by atoms with Crippen LogP contribution >= 0.6 is 12.2 Å². The summed E-state index contributed by atoms with van der Waals surface area (Å²) >= 11 is 5.09. The predicted molar refractivity (Wildman–Crippen MR) is 97.8 cm³/mol. The van der Waals surface area contributed by atoms with Crippen LogP contribution < -0.4 is 16.1 Å². The second kappa shape index (κ2) is 8.14. The molecular weight excluding hydrogens is 292 g/mol. The molecule has 22 heavy (non-hydrogen) atoms. The zero-order valence-electron chi connectivity index (χ0n) is 12.7. The fourth-order valence-electron chi connectivity index (χ4n) is 1.80. The van der Waals surface area contributed by atoms with Crippen molar-refractivity contribution in [3.8, 4) is 0 Å². The number of para-hydroxylation sites is 1. The SMILES string of the molecule is CC(C)NC(=S)N/N=C\c1ccc(Nc2ccccc2)cc1. The van der Waals surface area contributed by atoms with Gasteiger partial charge in [-0.2, -0.15) is 5.10 Å². The Morgan fingerprint density at radius 1 is 1.00 bits per heavy atom. The summed E-state index contributed by atoms with van der Waals surface area (Å²) in [5.74, 6) is 0. The van der Waals surface area contributed by atoms with Crippen molar-refractivity contribution >= 4 is 34.9 Å². The fourth-order valence-corrected chi connectivity index (χ4v) is 2.09. The third kappa shape index (κ3) is 5.54. The Balaban J connectivity index is 1.88. The van der Waals surface area contributed by atoms with Gasteiger partial charge in [0, 0.05) is 17.4 Å². The van der Waals surface area contributed by atoms with E-state index in [2.05, 4.69) is 21.2 Å². The van der Waals surface area contributed by atoms with Crippen molar-refractivity contribution in [2.75, 3.05) is 5.32 Å². The van der Waals surface area contributed by atoms with E-state index in [1.54, 1.807) is 6.21 Å². The van der Waals surface area contributed by atoms with Crippen LogP contribution in [0.1, 0.15) is 19.4 Å². The van der Waals surface area contributed by atoms with Crippen molar-refractivity contribution in [1.29, 1.82) is 0 Å². The van der Waals surface area contributed by atoms with Crippen LogP contribution in [0.4, 0.5) is 11.4 Å².